The molecule has 0 aliphatic rings. The number of nitrogens with two attached hydrogens (primary N) is 1. The van der Waals surface area contributed by atoms with E-state index >= 15 is 0 Å². The molecule has 0 saturated carbocycles. The minimum absolute atomic E-state index is 0.983. The number of hydrogen-bond acceptors (Lipinski definition) is 3. The topological polar surface area (TPSA) is 56.2 Å². The van der Waals surface area contributed by atoms with Crippen LogP contribution in [-0.4, -0.2) is 15.8 Å². The standard InChI is InChI=1S/C10H10N4/c11-13-7-9-1-3-10(4-2-9)14-6-5-12-8-14/h1-8H,11H2/b13-7+. The van der Waals surface area contributed by atoms with Crippen molar-refractivity contribution in [3.05, 3.63) is 48.5 Å². The van der Waals surface area contributed by atoms with E-state index in [-0.39, 0.29) is 0 Å². The number of benzene rings is 1. The molecule has 0 spiro atoms. The smallest absolute Gasteiger partial charge is 0.0991 e. The summed E-state index contributed by atoms with van der Waals surface area (Å²) >= 11 is 0. The molecule has 0 bridgehead atoms. The quantitative estimate of drug-likeness (QED) is 0.434. The van der Waals surface area contributed by atoms with Gasteiger partial charge in [-0.3, -0.25) is 0 Å². The second kappa shape index (κ2) is 3.74. The highest BCUT2D eigenvalue weighted by Crippen LogP contribution is 2.07. The largest absolute Gasteiger partial charge is 0.323 e. The van der Waals surface area contributed by atoms with Crippen molar-refractivity contribution in [3.8, 4) is 5.69 Å². The third kappa shape index (κ3) is 1.64. The van der Waals surface area contributed by atoms with Crippen LogP contribution in [0.3, 0.4) is 0 Å². The van der Waals surface area contributed by atoms with Crippen molar-refractivity contribution in [2.75, 3.05) is 0 Å². The number of hydrogen-bond donors (Lipinski definition) is 1. The number of hydrazone groups is 1. The Balaban J connectivity index is 2.31. The fourth-order valence-corrected chi connectivity index (χ4v) is 1.23. The van der Waals surface area contributed by atoms with E-state index in [0.29, 0.717) is 0 Å². The lowest BCUT2D eigenvalue weighted by Crippen LogP contribution is -1.91. The molecule has 0 atom stereocenters. The van der Waals surface area contributed by atoms with Gasteiger partial charge in [-0.05, 0) is 17.7 Å². The molecule has 1 heterocycles. The van der Waals surface area contributed by atoms with Crippen LogP contribution < -0.4 is 5.84 Å². The first-order chi connectivity index (χ1) is 6.90. The van der Waals surface area contributed by atoms with Crippen molar-refractivity contribution in [2.45, 2.75) is 0 Å². The Morgan fingerprint density at radius 3 is 2.64 bits per heavy atom. The van der Waals surface area contributed by atoms with Gasteiger partial charge in [0.2, 0.25) is 0 Å². The summed E-state index contributed by atoms with van der Waals surface area (Å²) in [6, 6.07) is 7.87. The van der Waals surface area contributed by atoms with Crippen LogP contribution in [0.5, 0.6) is 0 Å². The molecule has 1 aromatic carbocycles. The molecule has 70 valence electrons. The van der Waals surface area contributed by atoms with Crippen LogP contribution in [-0.2, 0) is 0 Å². The minimum Gasteiger partial charge on any atom is -0.323 e. The highest BCUT2D eigenvalue weighted by atomic mass is 15.1. The van der Waals surface area contributed by atoms with E-state index in [9.17, 15) is 0 Å². The Kier molecular flexibility index (Phi) is 2.27. The lowest BCUT2D eigenvalue weighted by molar-refractivity contribution is 1.06. The first-order valence-corrected chi connectivity index (χ1v) is 4.22. The van der Waals surface area contributed by atoms with Crippen molar-refractivity contribution in [3.63, 3.8) is 0 Å². The van der Waals surface area contributed by atoms with Gasteiger partial charge in [-0.25, -0.2) is 4.98 Å². The van der Waals surface area contributed by atoms with E-state index in [2.05, 4.69) is 10.1 Å². The fraction of sp³-hybridized carbons (Fsp3) is 0. The van der Waals surface area contributed by atoms with E-state index < -0.39 is 0 Å². The predicted octanol–water partition coefficient (Wildman–Crippen LogP) is 1.16. The van der Waals surface area contributed by atoms with Gasteiger partial charge in [-0.2, -0.15) is 5.10 Å². The molecule has 14 heavy (non-hydrogen) atoms. The maximum atomic E-state index is 5.05. The Labute approximate surface area is 81.7 Å². The van der Waals surface area contributed by atoms with Crippen molar-refractivity contribution < 1.29 is 0 Å². The average Bonchev–Trinajstić information content (AvgIpc) is 2.72. The van der Waals surface area contributed by atoms with Crippen LogP contribution in [0.4, 0.5) is 0 Å². The van der Waals surface area contributed by atoms with Gasteiger partial charge in [0.25, 0.3) is 0 Å². The molecule has 1 aromatic heterocycles. The summed E-state index contributed by atoms with van der Waals surface area (Å²) in [5, 5.41) is 3.45. The fourth-order valence-electron chi connectivity index (χ4n) is 1.23. The zero-order chi connectivity index (χ0) is 9.80. The zero-order valence-electron chi connectivity index (χ0n) is 7.54. The van der Waals surface area contributed by atoms with Crippen molar-refractivity contribution in [2.24, 2.45) is 10.9 Å². The molecule has 0 amide bonds. The molecule has 2 aromatic rings. The van der Waals surface area contributed by atoms with E-state index in [4.69, 9.17) is 5.84 Å². The van der Waals surface area contributed by atoms with Gasteiger partial charge in [0, 0.05) is 18.1 Å². The molecule has 0 saturated heterocycles. The predicted molar refractivity (Wildman–Crippen MR) is 55.3 cm³/mol. The van der Waals surface area contributed by atoms with Gasteiger partial charge < -0.3 is 10.4 Å². The number of nitrogens with zero attached hydrogens (tertiary/aromatic N) is 3. The van der Waals surface area contributed by atoms with Gasteiger partial charge >= 0.3 is 0 Å². The molecule has 0 fully saturated rings. The normalized spacial score (nSPS) is 10.9. The van der Waals surface area contributed by atoms with E-state index in [0.717, 1.165) is 11.3 Å². The van der Waals surface area contributed by atoms with E-state index in [1.165, 1.54) is 0 Å². The van der Waals surface area contributed by atoms with Crippen molar-refractivity contribution >= 4 is 6.21 Å². The molecule has 0 unspecified atom stereocenters. The van der Waals surface area contributed by atoms with Gasteiger partial charge in [-0.1, -0.05) is 12.1 Å². The maximum absolute atomic E-state index is 5.05. The van der Waals surface area contributed by atoms with Gasteiger partial charge in [0.05, 0.1) is 12.5 Å². The van der Waals surface area contributed by atoms with Crippen LogP contribution in [0.2, 0.25) is 0 Å². The molecule has 2 rings (SSSR count). The highest BCUT2D eigenvalue weighted by molar-refractivity contribution is 5.79. The van der Waals surface area contributed by atoms with E-state index in [1.807, 2.05) is 35.0 Å². The monoisotopic (exact) mass is 186 g/mol. The van der Waals surface area contributed by atoms with Crippen molar-refractivity contribution in [1.82, 2.24) is 9.55 Å². The number of imidazole rings is 1. The summed E-state index contributed by atoms with van der Waals surface area (Å²) in [6.45, 7) is 0. The highest BCUT2D eigenvalue weighted by Gasteiger charge is 1.94. The molecular formula is C10H10N4. The molecule has 0 aliphatic carbocycles. The Hall–Kier alpha value is -2.10. The van der Waals surface area contributed by atoms with Gasteiger partial charge in [-0.15, -0.1) is 0 Å². The summed E-state index contributed by atoms with van der Waals surface area (Å²) in [5.41, 5.74) is 2.05. The lowest BCUT2D eigenvalue weighted by Gasteiger charge is -2.01. The van der Waals surface area contributed by atoms with Crippen LogP contribution in [0.15, 0.2) is 48.1 Å². The Morgan fingerprint density at radius 1 is 1.29 bits per heavy atom. The van der Waals surface area contributed by atoms with Gasteiger partial charge in [0.1, 0.15) is 0 Å². The van der Waals surface area contributed by atoms with Crippen molar-refractivity contribution in [1.29, 1.82) is 0 Å². The van der Waals surface area contributed by atoms with Crippen LogP contribution in [0, 0.1) is 0 Å². The Bertz CT molecular complexity index is 414. The zero-order valence-corrected chi connectivity index (χ0v) is 7.54. The second-order valence-electron chi connectivity index (χ2n) is 2.84. The lowest BCUT2D eigenvalue weighted by atomic mass is 10.2. The minimum atomic E-state index is 0.983. The second-order valence-corrected chi connectivity index (χ2v) is 2.84. The van der Waals surface area contributed by atoms with Gasteiger partial charge in [0.15, 0.2) is 0 Å². The summed E-state index contributed by atoms with van der Waals surface area (Å²) in [6.07, 6.45) is 7.00. The molecule has 0 aliphatic heterocycles. The molecule has 4 nitrogen and oxygen atoms in total. The molecule has 2 N–H and O–H groups in total. The van der Waals surface area contributed by atoms with Crippen LogP contribution >= 0.6 is 0 Å². The first-order valence-electron chi connectivity index (χ1n) is 4.22. The SMILES string of the molecule is N/N=C/c1ccc(-n2ccnc2)cc1. The van der Waals surface area contributed by atoms with Crippen LogP contribution in [0.25, 0.3) is 5.69 Å². The first kappa shape index (κ1) is 8.50. The summed E-state index contributed by atoms with van der Waals surface area (Å²) in [4.78, 5) is 3.97. The molecule has 0 radical (unpaired) electrons. The molecular weight excluding hydrogens is 176 g/mol. The Morgan fingerprint density at radius 2 is 2.07 bits per heavy atom. The summed E-state index contributed by atoms with van der Waals surface area (Å²) < 4.78 is 1.93. The number of aromatic nitrogens is 2. The van der Waals surface area contributed by atoms with E-state index in [1.54, 1.807) is 18.7 Å². The third-order valence-electron chi connectivity index (χ3n) is 1.92. The third-order valence-corrected chi connectivity index (χ3v) is 1.92. The summed E-state index contributed by atoms with van der Waals surface area (Å²) in [7, 11) is 0. The van der Waals surface area contributed by atoms with Crippen LogP contribution in [0.1, 0.15) is 5.56 Å². The molecule has 4 heteroatoms. The average molecular weight is 186 g/mol. The maximum Gasteiger partial charge on any atom is 0.0991 e. The summed E-state index contributed by atoms with van der Waals surface area (Å²) in [5.74, 6) is 5.05. The number of rotatable bonds is 2.